The van der Waals surface area contributed by atoms with Crippen LogP contribution < -0.4 is 11.1 Å². The number of pyridine rings is 1. The molecule has 1 aromatic rings. The summed E-state index contributed by atoms with van der Waals surface area (Å²) in [7, 11) is 0. The van der Waals surface area contributed by atoms with Gasteiger partial charge in [-0.15, -0.1) is 0 Å². The maximum Gasteiger partial charge on any atom is 0.231 e. The second-order valence-corrected chi connectivity index (χ2v) is 5.19. The number of aryl methyl sites for hydroxylation is 1. The van der Waals surface area contributed by atoms with E-state index in [0.717, 1.165) is 36.9 Å². The third kappa shape index (κ3) is 4.03. The van der Waals surface area contributed by atoms with Crippen LogP contribution in [0.3, 0.4) is 0 Å². The van der Waals surface area contributed by atoms with Crippen molar-refractivity contribution in [2.75, 3.05) is 11.9 Å². The van der Waals surface area contributed by atoms with Gasteiger partial charge < -0.3 is 11.1 Å². The lowest BCUT2D eigenvalue weighted by Gasteiger charge is -2.30. The van der Waals surface area contributed by atoms with Crippen molar-refractivity contribution in [1.29, 1.82) is 0 Å². The van der Waals surface area contributed by atoms with Gasteiger partial charge in [0.05, 0.1) is 17.3 Å². The highest BCUT2D eigenvalue weighted by atomic mass is 16.2. The lowest BCUT2D eigenvalue weighted by atomic mass is 9.78. The fourth-order valence-electron chi connectivity index (χ4n) is 2.49. The number of hydrogen-bond acceptors (Lipinski definition) is 3. The van der Waals surface area contributed by atoms with E-state index in [0.29, 0.717) is 6.54 Å². The van der Waals surface area contributed by atoms with Crippen LogP contribution in [0.25, 0.3) is 0 Å². The average molecular weight is 263 g/mol. The fraction of sp³-hybridized carbons (Fsp3) is 0.600. The van der Waals surface area contributed by atoms with E-state index in [1.165, 1.54) is 0 Å². The van der Waals surface area contributed by atoms with E-state index in [9.17, 15) is 4.79 Å². The summed E-state index contributed by atoms with van der Waals surface area (Å²) >= 11 is 0. The van der Waals surface area contributed by atoms with Crippen LogP contribution >= 0.6 is 0 Å². The number of rotatable bonds is 7. The second kappa shape index (κ2) is 7.24. The quantitative estimate of drug-likeness (QED) is 0.794. The van der Waals surface area contributed by atoms with Crippen LogP contribution in [0.5, 0.6) is 0 Å². The predicted molar refractivity (Wildman–Crippen MR) is 78.9 cm³/mol. The normalized spacial score (nSPS) is 11.4. The molecule has 1 aromatic heterocycles. The van der Waals surface area contributed by atoms with Gasteiger partial charge in [-0.2, -0.15) is 0 Å². The number of nitrogens with two attached hydrogens (primary N) is 1. The Morgan fingerprint density at radius 2 is 1.95 bits per heavy atom. The third-order valence-corrected chi connectivity index (χ3v) is 3.46. The minimum atomic E-state index is -0.451. The SMILES string of the molecule is CCCC(CN)(CCC)C(=O)Nc1cncc(C)c1. The molecule has 0 aromatic carbocycles. The lowest BCUT2D eigenvalue weighted by molar-refractivity contribution is -0.126. The zero-order valence-corrected chi connectivity index (χ0v) is 12.2. The molecule has 3 N–H and O–H groups in total. The summed E-state index contributed by atoms with van der Waals surface area (Å²) in [6.07, 6.45) is 6.99. The summed E-state index contributed by atoms with van der Waals surface area (Å²) in [4.78, 5) is 16.6. The molecule has 19 heavy (non-hydrogen) atoms. The molecule has 0 unspecified atom stereocenters. The molecule has 4 heteroatoms. The Bertz CT molecular complexity index is 412. The minimum absolute atomic E-state index is 0.0195. The Balaban J connectivity index is 2.87. The van der Waals surface area contributed by atoms with E-state index in [-0.39, 0.29) is 5.91 Å². The summed E-state index contributed by atoms with van der Waals surface area (Å²) in [5.74, 6) is 0.0195. The summed E-state index contributed by atoms with van der Waals surface area (Å²) in [5, 5.41) is 2.96. The number of hydrogen-bond donors (Lipinski definition) is 2. The van der Waals surface area contributed by atoms with Gasteiger partial charge in [0.25, 0.3) is 0 Å². The van der Waals surface area contributed by atoms with Crippen LogP contribution in [-0.4, -0.2) is 17.4 Å². The molecule has 0 spiro atoms. The molecule has 1 heterocycles. The zero-order valence-electron chi connectivity index (χ0n) is 12.2. The van der Waals surface area contributed by atoms with Crippen molar-refractivity contribution >= 4 is 11.6 Å². The molecular weight excluding hydrogens is 238 g/mol. The summed E-state index contributed by atoms with van der Waals surface area (Å²) in [6.45, 7) is 6.51. The number of amides is 1. The molecule has 0 fully saturated rings. The van der Waals surface area contributed by atoms with E-state index in [1.54, 1.807) is 12.4 Å². The van der Waals surface area contributed by atoms with Gasteiger partial charge in [0.1, 0.15) is 0 Å². The Kier molecular flexibility index (Phi) is 5.96. The Morgan fingerprint density at radius 3 is 2.42 bits per heavy atom. The van der Waals surface area contributed by atoms with Crippen molar-refractivity contribution in [3.63, 3.8) is 0 Å². The largest absolute Gasteiger partial charge is 0.329 e. The third-order valence-electron chi connectivity index (χ3n) is 3.46. The van der Waals surface area contributed by atoms with Crippen LogP contribution in [0.4, 0.5) is 5.69 Å². The molecule has 0 atom stereocenters. The van der Waals surface area contributed by atoms with Crippen molar-refractivity contribution in [1.82, 2.24) is 4.98 Å². The zero-order chi connectivity index (χ0) is 14.3. The highest BCUT2D eigenvalue weighted by Gasteiger charge is 2.35. The first-order valence-electron chi connectivity index (χ1n) is 7.01. The van der Waals surface area contributed by atoms with Crippen molar-refractivity contribution in [2.24, 2.45) is 11.1 Å². The van der Waals surface area contributed by atoms with Gasteiger partial charge in [-0.25, -0.2) is 0 Å². The lowest BCUT2D eigenvalue weighted by Crippen LogP contribution is -2.42. The minimum Gasteiger partial charge on any atom is -0.329 e. The number of nitrogens with one attached hydrogen (secondary N) is 1. The molecule has 106 valence electrons. The first-order chi connectivity index (χ1) is 9.07. The van der Waals surface area contributed by atoms with Gasteiger partial charge in [0.2, 0.25) is 5.91 Å². The van der Waals surface area contributed by atoms with E-state index in [1.807, 2.05) is 13.0 Å². The molecule has 0 aliphatic carbocycles. The summed E-state index contributed by atoms with van der Waals surface area (Å²) < 4.78 is 0. The predicted octanol–water partition coefficient (Wildman–Crippen LogP) is 2.87. The van der Waals surface area contributed by atoms with E-state index in [2.05, 4.69) is 24.1 Å². The van der Waals surface area contributed by atoms with E-state index in [4.69, 9.17) is 5.73 Å². The average Bonchev–Trinajstić information content (AvgIpc) is 2.38. The second-order valence-electron chi connectivity index (χ2n) is 5.19. The number of anilines is 1. The van der Waals surface area contributed by atoms with Crippen LogP contribution in [-0.2, 0) is 4.79 Å². The van der Waals surface area contributed by atoms with Gasteiger partial charge in [0, 0.05) is 12.7 Å². The first-order valence-corrected chi connectivity index (χ1v) is 7.01. The van der Waals surface area contributed by atoms with Gasteiger partial charge in [-0.3, -0.25) is 9.78 Å². The van der Waals surface area contributed by atoms with E-state index < -0.39 is 5.41 Å². The smallest absolute Gasteiger partial charge is 0.231 e. The Morgan fingerprint density at radius 1 is 1.32 bits per heavy atom. The number of carbonyl (C=O) groups excluding carboxylic acids is 1. The van der Waals surface area contributed by atoms with Crippen LogP contribution in [0.15, 0.2) is 18.5 Å². The van der Waals surface area contributed by atoms with Crippen molar-refractivity contribution < 1.29 is 4.79 Å². The van der Waals surface area contributed by atoms with Gasteiger partial charge in [0.15, 0.2) is 0 Å². The number of carbonyl (C=O) groups is 1. The number of nitrogens with zero attached hydrogens (tertiary/aromatic N) is 1. The Hall–Kier alpha value is -1.42. The first kappa shape index (κ1) is 15.6. The molecule has 0 saturated carbocycles. The molecule has 0 bridgehead atoms. The van der Waals surface area contributed by atoms with Crippen LogP contribution in [0.1, 0.15) is 45.1 Å². The maximum atomic E-state index is 12.5. The molecule has 0 aliphatic heterocycles. The standard InChI is InChI=1S/C15H25N3O/c1-4-6-15(11-16,7-5-2)14(19)18-13-8-12(3)9-17-10-13/h8-10H,4-7,11,16H2,1-3H3,(H,18,19). The molecule has 0 radical (unpaired) electrons. The molecule has 1 rings (SSSR count). The highest BCUT2D eigenvalue weighted by Crippen LogP contribution is 2.30. The van der Waals surface area contributed by atoms with Gasteiger partial charge >= 0.3 is 0 Å². The van der Waals surface area contributed by atoms with Gasteiger partial charge in [-0.1, -0.05) is 26.7 Å². The summed E-state index contributed by atoms with van der Waals surface area (Å²) in [6, 6.07) is 1.92. The van der Waals surface area contributed by atoms with Crippen molar-refractivity contribution in [3.8, 4) is 0 Å². The molecule has 1 amide bonds. The number of aromatic nitrogens is 1. The fourth-order valence-corrected chi connectivity index (χ4v) is 2.49. The molecule has 0 aliphatic rings. The highest BCUT2D eigenvalue weighted by molar-refractivity contribution is 5.95. The molecule has 0 saturated heterocycles. The van der Waals surface area contributed by atoms with Crippen molar-refractivity contribution in [2.45, 2.75) is 46.5 Å². The van der Waals surface area contributed by atoms with Crippen LogP contribution in [0, 0.1) is 12.3 Å². The Labute approximate surface area is 115 Å². The van der Waals surface area contributed by atoms with Crippen LogP contribution in [0.2, 0.25) is 0 Å². The topological polar surface area (TPSA) is 68.0 Å². The monoisotopic (exact) mass is 263 g/mol. The summed E-state index contributed by atoms with van der Waals surface area (Å²) in [5.41, 5.74) is 7.21. The maximum absolute atomic E-state index is 12.5. The van der Waals surface area contributed by atoms with Gasteiger partial charge in [-0.05, 0) is 31.4 Å². The molecule has 4 nitrogen and oxygen atoms in total. The van der Waals surface area contributed by atoms with Crippen molar-refractivity contribution in [3.05, 3.63) is 24.0 Å². The molecular formula is C15H25N3O. The van der Waals surface area contributed by atoms with E-state index >= 15 is 0 Å².